The van der Waals surface area contributed by atoms with Crippen LogP contribution in [0.3, 0.4) is 0 Å². The van der Waals surface area contributed by atoms with Crippen molar-refractivity contribution in [1.82, 2.24) is 4.98 Å². The molecule has 2 rings (SSSR count). The van der Waals surface area contributed by atoms with Gasteiger partial charge in [0.25, 0.3) is 0 Å². The van der Waals surface area contributed by atoms with E-state index < -0.39 is 0 Å². The molecule has 1 atom stereocenters. The van der Waals surface area contributed by atoms with Crippen molar-refractivity contribution < 1.29 is 9.84 Å². The van der Waals surface area contributed by atoms with Crippen molar-refractivity contribution in [2.45, 2.75) is 33.1 Å². The topological polar surface area (TPSA) is 54.4 Å². The molecule has 21 heavy (non-hydrogen) atoms. The van der Waals surface area contributed by atoms with Gasteiger partial charge in [-0.25, -0.2) is 4.98 Å². The monoisotopic (exact) mass is 326 g/mol. The second-order valence-corrected chi connectivity index (χ2v) is 5.90. The Kier molecular flexibility index (Phi) is 5.99. The number of nitrogens with one attached hydrogen (secondary N) is 1. The number of aliphatic hydroxyl groups is 1. The fourth-order valence-electron chi connectivity index (χ4n) is 1.90. The predicted molar refractivity (Wildman–Crippen MR) is 86.9 cm³/mol. The minimum Gasteiger partial charge on any atom is -0.392 e. The lowest BCUT2D eigenvalue weighted by Crippen LogP contribution is -2.03. The highest BCUT2D eigenvalue weighted by Crippen LogP contribution is 2.25. The number of hydrogen-bond donors (Lipinski definition) is 2. The summed E-state index contributed by atoms with van der Waals surface area (Å²) in [5.74, 6) is 0. The summed E-state index contributed by atoms with van der Waals surface area (Å²) in [6.07, 6.45) is 0.0232. The highest BCUT2D eigenvalue weighted by atomic mass is 35.5. The number of halogens is 1. The van der Waals surface area contributed by atoms with Gasteiger partial charge in [-0.1, -0.05) is 17.7 Å². The summed E-state index contributed by atoms with van der Waals surface area (Å²) >= 11 is 7.73. The van der Waals surface area contributed by atoms with E-state index in [0.717, 1.165) is 22.0 Å². The van der Waals surface area contributed by atoms with E-state index in [1.807, 2.05) is 25.3 Å². The normalized spacial score (nSPS) is 12.4. The molecule has 0 aliphatic heterocycles. The zero-order valence-electron chi connectivity index (χ0n) is 12.1. The van der Waals surface area contributed by atoms with Gasteiger partial charge in [0, 0.05) is 12.0 Å². The van der Waals surface area contributed by atoms with E-state index in [4.69, 9.17) is 21.4 Å². The number of ether oxygens (including phenoxy) is 1. The Labute approximate surface area is 133 Å². The van der Waals surface area contributed by atoms with Crippen LogP contribution in [0.4, 0.5) is 5.69 Å². The predicted octanol–water partition coefficient (Wildman–Crippen LogP) is 4.00. The van der Waals surface area contributed by atoms with Crippen LogP contribution in [-0.4, -0.2) is 16.7 Å². The zero-order valence-corrected chi connectivity index (χ0v) is 13.7. The third-order valence-corrected chi connectivity index (χ3v) is 4.39. The van der Waals surface area contributed by atoms with Gasteiger partial charge in [0.1, 0.15) is 11.1 Å². The first-order chi connectivity index (χ1) is 10.1. The van der Waals surface area contributed by atoms with Crippen molar-refractivity contribution in [3.05, 3.63) is 44.9 Å². The molecule has 6 heteroatoms. The smallest absolute Gasteiger partial charge is 0.122 e. The average Bonchev–Trinajstić information content (AvgIpc) is 2.96. The second-order valence-electron chi connectivity index (χ2n) is 4.60. The van der Waals surface area contributed by atoms with E-state index in [1.165, 1.54) is 0 Å². The molecule has 4 nitrogen and oxygen atoms in total. The Balaban J connectivity index is 2.00. The molecule has 2 aromatic rings. The quantitative estimate of drug-likeness (QED) is 0.807. The molecule has 0 saturated carbocycles. The molecular formula is C15H19ClN2O2S. The highest BCUT2D eigenvalue weighted by molar-refractivity contribution is 7.09. The van der Waals surface area contributed by atoms with Crippen LogP contribution in [0.2, 0.25) is 5.02 Å². The first kappa shape index (κ1) is 16.2. The van der Waals surface area contributed by atoms with Crippen LogP contribution in [-0.2, 0) is 17.9 Å². The van der Waals surface area contributed by atoms with Gasteiger partial charge in [-0.15, -0.1) is 11.3 Å². The molecule has 0 radical (unpaired) electrons. The maximum absolute atomic E-state index is 9.16. The van der Waals surface area contributed by atoms with Gasteiger partial charge in [0.15, 0.2) is 0 Å². The van der Waals surface area contributed by atoms with Crippen LogP contribution in [0.5, 0.6) is 0 Å². The SMILES string of the molecule is CCO[C@H](C)c1nc(CNc2cc(CO)ccc2Cl)cs1. The maximum atomic E-state index is 9.16. The van der Waals surface area contributed by atoms with Crippen LogP contribution >= 0.6 is 22.9 Å². The minimum atomic E-state index is -0.00142. The fraction of sp³-hybridized carbons (Fsp3) is 0.400. The molecule has 1 aromatic heterocycles. The average molecular weight is 327 g/mol. The number of benzene rings is 1. The third-order valence-electron chi connectivity index (χ3n) is 3.01. The first-order valence-corrected chi connectivity index (χ1v) is 8.08. The van der Waals surface area contributed by atoms with E-state index >= 15 is 0 Å². The van der Waals surface area contributed by atoms with Gasteiger partial charge in [-0.2, -0.15) is 0 Å². The van der Waals surface area contributed by atoms with Gasteiger partial charge in [0.2, 0.25) is 0 Å². The summed E-state index contributed by atoms with van der Waals surface area (Å²) in [5.41, 5.74) is 2.58. The van der Waals surface area contributed by atoms with Crippen molar-refractivity contribution in [3.63, 3.8) is 0 Å². The van der Waals surface area contributed by atoms with E-state index in [0.29, 0.717) is 18.2 Å². The molecule has 0 unspecified atom stereocenters. The molecule has 1 heterocycles. The fourth-order valence-corrected chi connectivity index (χ4v) is 2.91. The number of aliphatic hydroxyl groups excluding tert-OH is 1. The molecule has 1 aromatic carbocycles. The van der Waals surface area contributed by atoms with Crippen LogP contribution in [0, 0.1) is 0 Å². The molecule has 2 N–H and O–H groups in total. The van der Waals surface area contributed by atoms with Crippen molar-refractivity contribution in [2.75, 3.05) is 11.9 Å². The molecule has 114 valence electrons. The molecule has 0 aliphatic rings. The first-order valence-electron chi connectivity index (χ1n) is 6.83. The molecule has 0 saturated heterocycles. The summed E-state index contributed by atoms with van der Waals surface area (Å²) < 4.78 is 5.53. The Morgan fingerprint density at radius 1 is 1.48 bits per heavy atom. The van der Waals surface area contributed by atoms with E-state index in [1.54, 1.807) is 23.5 Å². The summed E-state index contributed by atoms with van der Waals surface area (Å²) in [7, 11) is 0. The Bertz CT molecular complexity index is 589. The van der Waals surface area contributed by atoms with Crippen molar-refractivity contribution in [3.8, 4) is 0 Å². The largest absolute Gasteiger partial charge is 0.392 e. The molecule has 0 aliphatic carbocycles. The number of nitrogens with zero attached hydrogens (tertiary/aromatic N) is 1. The van der Waals surface area contributed by atoms with Crippen LogP contribution in [0.15, 0.2) is 23.6 Å². The number of aromatic nitrogens is 1. The van der Waals surface area contributed by atoms with Crippen molar-refractivity contribution in [1.29, 1.82) is 0 Å². The van der Waals surface area contributed by atoms with Crippen molar-refractivity contribution >= 4 is 28.6 Å². The summed E-state index contributed by atoms with van der Waals surface area (Å²) in [6.45, 7) is 5.24. The van der Waals surface area contributed by atoms with Gasteiger partial charge in [-0.3, -0.25) is 0 Å². The van der Waals surface area contributed by atoms with E-state index in [2.05, 4.69) is 10.3 Å². The lowest BCUT2D eigenvalue weighted by molar-refractivity contribution is 0.0761. The molecular weight excluding hydrogens is 308 g/mol. The van der Waals surface area contributed by atoms with Crippen LogP contribution < -0.4 is 5.32 Å². The standard InChI is InChI=1S/C15H19ClN2O2S/c1-3-20-10(2)15-18-12(9-21-15)7-17-14-6-11(8-19)4-5-13(14)16/h4-6,9-10,17,19H,3,7-8H2,1-2H3/t10-/m1/s1. The zero-order chi connectivity index (χ0) is 15.2. The second kappa shape index (κ2) is 7.75. The van der Waals surface area contributed by atoms with E-state index in [9.17, 15) is 0 Å². The van der Waals surface area contributed by atoms with Gasteiger partial charge < -0.3 is 15.2 Å². The highest BCUT2D eigenvalue weighted by Gasteiger charge is 2.10. The Morgan fingerprint density at radius 2 is 2.29 bits per heavy atom. The van der Waals surface area contributed by atoms with Crippen LogP contribution in [0.25, 0.3) is 0 Å². The Hall–Kier alpha value is -1.14. The lowest BCUT2D eigenvalue weighted by Gasteiger charge is -2.09. The van der Waals surface area contributed by atoms with Gasteiger partial charge in [-0.05, 0) is 31.5 Å². The van der Waals surface area contributed by atoms with Gasteiger partial charge >= 0.3 is 0 Å². The van der Waals surface area contributed by atoms with Crippen molar-refractivity contribution in [2.24, 2.45) is 0 Å². The minimum absolute atomic E-state index is 0.00142. The maximum Gasteiger partial charge on any atom is 0.122 e. The molecule has 0 amide bonds. The number of rotatable bonds is 7. The Morgan fingerprint density at radius 3 is 3.00 bits per heavy atom. The number of thiazole rings is 1. The van der Waals surface area contributed by atoms with Gasteiger partial charge in [0.05, 0.1) is 29.6 Å². The summed E-state index contributed by atoms with van der Waals surface area (Å²) in [5, 5.41) is 16.0. The molecule has 0 fully saturated rings. The van der Waals surface area contributed by atoms with E-state index in [-0.39, 0.29) is 12.7 Å². The summed E-state index contributed by atoms with van der Waals surface area (Å²) in [4.78, 5) is 4.55. The molecule has 0 bridgehead atoms. The number of anilines is 1. The molecule has 0 spiro atoms. The lowest BCUT2D eigenvalue weighted by atomic mass is 10.2. The summed E-state index contributed by atoms with van der Waals surface area (Å²) in [6, 6.07) is 5.43. The number of hydrogen-bond acceptors (Lipinski definition) is 5. The third kappa shape index (κ3) is 4.41. The van der Waals surface area contributed by atoms with Crippen LogP contribution in [0.1, 0.15) is 36.2 Å².